The van der Waals surface area contributed by atoms with Gasteiger partial charge in [-0.05, 0) is 50.7 Å². The number of likely N-dealkylation sites (N-methyl/N-ethyl adjacent to an activating group) is 1. The first-order valence-corrected chi connectivity index (χ1v) is 7.11. The highest BCUT2D eigenvalue weighted by molar-refractivity contribution is 4.73. The van der Waals surface area contributed by atoms with E-state index in [4.69, 9.17) is 10.5 Å². The molecule has 0 aromatic heterocycles. The third kappa shape index (κ3) is 5.84. The van der Waals surface area contributed by atoms with Gasteiger partial charge < -0.3 is 15.4 Å². The first kappa shape index (κ1) is 14.9. The molecule has 1 unspecified atom stereocenters. The minimum absolute atomic E-state index is 0.295. The van der Waals surface area contributed by atoms with Gasteiger partial charge in [-0.25, -0.2) is 0 Å². The summed E-state index contributed by atoms with van der Waals surface area (Å²) in [5.41, 5.74) is 6.05. The number of rotatable bonds is 8. The number of ether oxygens (including phenoxy) is 1. The van der Waals surface area contributed by atoms with E-state index in [2.05, 4.69) is 25.7 Å². The van der Waals surface area contributed by atoms with Crippen LogP contribution in [0.3, 0.4) is 0 Å². The summed E-state index contributed by atoms with van der Waals surface area (Å²) in [6, 6.07) is 0. The molecule has 0 bridgehead atoms. The summed E-state index contributed by atoms with van der Waals surface area (Å²) < 4.78 is 5.69. The lowest BCUT2D eigenvalue weighted by Crippen LogP contribution is -2.34. The van der Waals surface area contributed by atoms with Gasteiger partial charge in [0.1, 0.15) is 0 Å². The fraction of sp³-hybridized carbons (Fsp3) is 1.00. The molecule has 1 rings (SSSR count). The lowest BCUT2D eigenvalue weighted by molar-refractivity contribution is 0.0733. The van der Waals surface area contributed by atoms with Gasteiger partial charge in [0.05, 0.1) is 6.10 Å². The second kappa shape index (κ2) is 7.34. The molecule has 1 saturated heterocycles. The largest absolute Gasteiger partial charge is 0.377 e. The molecule has 1 atom stereocenters. The Morgan fingerprint density at radius 2 is 2.18 bits per heavy atom. The molecule has 1 aliphatic heterocycles. The van der Waals surface area contributed by atoms with Gasteiger partial charge in [-0.15, -0.1) is 0 Å². The quantitative estimate of drug-likeness (QED) is 0.709. The number of nitrogens with zero attached hydrogens (tertiary/aromatic N) is 1. The first-order chi connectivity index (χ1) is 8.07. The summed E-state index contributed by atoms with van der Waals surface area (Å²) in [4.78, 5) is 2.52. The van der Waals surface area contributed by atoms with Crippen LogP contribution in [-0.2, 0) is 4.74 Å². The van der Waals surface area contributed by atoms with Crippen molar-refractivity contribution in [3.8, 4) is 0 Å². The molecule has 102 valence electrons. The Morgan fingerprint density at radius 1 is 1.41 bits per heavy atom. The van der Waals surface area contributed by atoms with E-state index in [9.17, 15) is 0 Å². The molecular weight excluding hydrogens is 212 g/mol. The normalized spacial score (nSPS) is 21.4. The Hall–Kier alpha value is -0.120. The summed E-state index contributed by atoms with van der Waals surface area (Å²) in [6.45, 7) is 11.9. The van der Waals surface area contributed by atoms with Crippen LogP contribution in [0.1, 0.15) is 46.5 Å². The molecule has 2 N–H and O–H groups in total. The molecule has 1 aliphatic rings. The van der Waals surface area contributed by atoms with Crippen LogP contribution in [0.4, 0.5) is 0 Å². The van der Waals surface area contributed by atoms with Crippen molar-refractivity contribution in [2.75, 3.05) is 32.8 Å². The topological polar surface area (TPSA) is 38.5 Å². The Kier molecular flexibility index (Phi) is 6.45. The number of hydrogen-bond acceptors (Lipinski definition) is 3. The second-order valence-electron chi connectivity index (χ2n) is 6.00. The standard InChI is InChI=1S/C14H30N2O/c1-4-16(11-13-7-5-10-17-13)9-6-8-14(2,3)12-15/h13H,4-12,15H2,1-3H3. The highest BCUT2D eigenvalue weighted by Crippen LogP contribution is 2.20. The summed E-state index contributed by atoms with van der Waals surface area (Å²) in [6.07, 6.45) is 5.42. The molecule has 1 heterocycles. The fourth-order valence-electron chi connectivity index (χ4n) is 2.34. The summed E-state index contributed by atoms with van der Waals surface area (Å²) >= 11 is 0. The molecule has 17 heavy (non-hydrogen) atoms. The highest BCUT2D eigenvalue weighted by Gasteiger charge is 2.19. The van der Waals surface area contributed by atoms with Crippen molar-refractivity contribution in [1.29, 1.82) is 0 Å². The van der Waals surface area contributed by atoms with E-state index in [1.54, 1.807) is 0 Å². The van der Waals surface area contributed by atoms with Crippen LogP contribution in [0.15, 0.2) is 0 Å². The zero-order valence-corrected chi connectivity index (χ0v) is 11.9. The Morgan fingerprint density at radius 3 is 2.71 bits per heavy atom. The van der Waals surface area contributed by atoms with Gasteiger partial charge in [0.2, 0.25) is 0 Å². The maximum absolute atomic E-state index is 5.75. The predicted molar refractivity (Wildman–Crippen MR) is 73.2 cm³/mol. The van der Waals surface area contributed by atoms with Crippen LogP contribution in [0, 0.1) is 5.41 Å². The average molecular weight is 242 g/mol. The third-order valence-electron chi connectivity index (χ3n) is 3.81. The fourth-order valence-corrected chi connectivity index (χ4v) is 2.34. The van der Waals surface area contributed by atoms with Crippen LogP contribution in [0.5, 0.6) is 0 Å². The average Bonchev–Trinajstić information content (AvgIpc) is 2.80. The van der Waals surface area contributed by atoms with Crippen LogP contribution >= 0.6 is 0 Å². The zero-order chi connectivity index (χ0) is 12.7. The molecule has 0 aromatic carbocycles. The molecule has 3 nitrogen and oxygen atoms in total. The van der Waals surface area contributed by atoms with Crippen molar-refractivity contribution < 1.29 is 4.74 Å². The predicted octanol–water partition coefficient (Wildman–Crippen LogP) is 2.25. The van der Waals surface area contributed by atoms with Gasteiger partial charge in [-0.2, -0.15) is 0 Å². The smallest absolute Gasteiger partial charge is 0.0702 e. The molecule has 0 aromatic rings. The van der Waals surface area contributed by atoms with Gasteiger partial charge in [0, 0.05) is 13.2 Å². The molecular formula is C14H30N2O. The van der Waals surface area contributed by atoms with Gasteiger partial charge in [0.25, 0.3) is 0 Å². The Labute approximate surface area is 107 Å². The van der Waals surface area contributed by atoms with Gasteiger partial charge in [0.15, 0.2) is 0 Å². The van der Waals surface area contributed by atoms with Crippen molar-refractivity contribution in [3.05, 3.63) is 0 Å². The summed E-state index contributed by atoms with van der Waals surface area (Å²) in [5.74, 6) is 0. The van der Waals surface area contributed by atoms with Crippen LogP contribution < -0.4 is 5.73 Å². The maximum atomic E-state index is 5.75. The van der Waals surface area contributed by atoms with Crippen molar-refractivity contribution in [1.82, 2.24) is 4.90 Å². The minimum Gasteiger partial charge on any atom is -0.377 e. The van der Waals surface area contributed by atoms with Gasteiger partial charge in [-0.3, -0.25) is 0 Å². The van der Waals surface area contributed by atoms with Gasteiger partial charge in [-0.1, -0.05) is 20.8 Å². The van der Waals surface area contributed by atoms with E-state index >= 15 is 0 Å². The molecule has 0 aliphatic carbocycles. The monoisotopic (exact) mass is 242 g/mol. The minimum atomic E-state index is 0.295. The zero-order valence-electron chi connectivity index (χ0n) is 11.9. The summed E-state index contributed by atoms with van der Waals surface area (Å²) in [5, 5.41) is 0. The van der Waals surface area contributed by atoms with Crippen LogP contribution in [0.25, 0.3) is 0 Å². The van der Waals surface area contributed by atoms with Crippen molar-refractivity contribution >= 4 is 0 Å². The Balaban J connectivity index is 2.17. The van der Waals surface area contributed by atoms with E-state index < -0.39 is 0 Å². The molecule has 3 heteroatoms. The third-order valence-corrected chi connectivity index (χ3v) is 3.81. The first-order valence-electron chi connectivity index (χ1n) is 7.11. The molecule has 0 radical (unpaired) electrons. The van der Waals surface area contributed by atoms with Gasteiger partial charge >= 0.3 is 0 Å². The lowest BCUT2D eigenvalue weighted by Gasteiger charge is -2.27. The molecule has 0 amide bonds. The van der Waals surface area contributed by atoms with Crippen molar-refractivity contribution in [3.63, 3.8) is 0 Å². The highest BCUT2D eigenvalue weighted by atomic mass is 16.5. The second-order valence-corrected chi connectivity index (χ2v) is 6.00. The number of nitrogens with two attached hydrogens (primary N) is 1. The Bertz CT molecular complexity index is 200. The van der Waals surface area contributed by atoms with E-state index in [0.717, 1.165) is 26.2 Å². The van der Waals surface area contributed by atoms with E-state index in [1.165, 1.54) is 32.2 Å². The van der Waals surface area contributed by atoms with E-state index in [-0.39, 0.29) is 0 Å². The van der Waals surface area contributed by atoms with Crippen LogP contribution in [0.2, 0.25) is 0 Å². The molecule has 0 spiro atoms. The summed E-state index contributed by atoms with van der Waals surface area (Å²) in [7, 11) is 0. The lowest BCUT2D eigenvalue weighted by atomic mass is 9.88. The maximum Gasteiger partial charge on any atom is 0.0702 e. The van der Waals surface area contributed by atoms with E-state index in [0.29, 0.717) is 11.5 Å². The van der Waals surface area contributed by atoms with E-state index in [1.807, 2.05) is 0 Å². The SMILES string of the molecule is CCN(CCCC(C)(C)CN)CC1CCCO1. The van der Waals surface area contributed by atoms with Crippen molar-refractivity contribution in [2.24, 2.45) is 11.1 Å². The molecule has 1 fully saturated rings. The van der Waals surface area contributed by atoms with Crippen molar-refractivity contribution in [2.45, 2.75) is 52.6 Å². The van der Waals surface area contributed by atoms with Crippen LogP contribution in [-0.4, -0.2) is 43.8 Å². The molecule has 0 saturated carbocycles. The number of hydrogen-bond donors (Lipinski definition) is 1.